The zero-order chi connectivity index (χ0) is 27.1. The third-order valence-corrected chi connectivity index (χ3v) is 8.82. The zero-order valence-electron chi connectivity index (χ0n) is 21.3. The Morgan fingerprint density at radius 1 is 1.15 bits per heavy atom. The Morgan fingerprint density at radius 2 is 2.00 bits per heavy atom. The van der Waals surface area contributed by atoms with E-state index in [-0.39, 0.29) is 12.2 Å². The molecule has 5 aromatic rings. The number of carbonyl (C=O) groups excluding carboxylic acids is 1. The largest absolute Gasteiger partial charge is 0.463 e. The summed E-state index contributed by atoms with van der Waals surface area (Å²) in [6.45, 7) is 4.46. The molecule has 0 unspecified atom stereocenters. The third-order valence-electron chi connectivity index (χ3n) is 6.68. The summed E-state index contributed by atoms with van der Waals surface area (Å²) >= 11 is 9.06. The number of benzene rings is 2. The van der Waals surface area contributed by atoms with Gasteiger partial charge in [-0.1, -0.05) is 59.3 Å². The second-order valence-corrected chi connectivity index (χ2v) is 11.6. The number of thiazole rings is 1. The third kappa shape index (κ3) is 4.69. The summed E-state index contributed by atoms with van der Waals surface area (Å²) in [4.78, 5) is 33.0. The van der Waals surface area contributed by atoms with Crippen molar-refractivity contribution in [2.45, 2.75) is 26.4 Å². The molecule has 1 aliphatic heterocycles. The highest BCUT2D eigenvalue weighted by Gasteiger charge is 2.33. The summed E-state index contributed by atoms with van der Waals surface area (Å²) < 4.78 is 9.72. The van der Waals surface area contributed by atoms with Gasteiger partial charge in [0.25, 0.3) is 5.56 Å². The molecular formula is C30H24ClN3O3S2. The van der Waals surface area contributed by atoms with Gasteiger partial charge in [-0.3, -0.25) is 9.36 Å². The Balaban J connectivity index is 1.50. The molecule has 0 aliphatic carbocycles. The normalized spacial score (nSPS) is 15.5. The lowest BCUT2D eigenvalue weighted by molar-refractivity contribution is -0.139. The number of rotatable bonds is 6. The van der Waals surface area contributed by atoms with Crippen molar-refractivity contribution in [3.8, 4) is 0 Å². The van der Waals surface area contributed by atoms with Gasteiger partial charge < -0.3 is 9.30 Å². The van der Waals surface area contributed by atoms with Crippen LogP contribution in [0.2, 0.25) is 5.02 Å². The predicted molar refractivity (Wildman–Crippen MR) is 157 cm³/mol. The smallest absolute Gasteiger partial charge is 0.338 e. The molecule has 9 heteroatoms. The van der Waals surface area contributed by atoms with E-state index in [1.165, 1.54) is 22.7 Å². The van der Waals surface area contributed by atoms with Gasteiger partial charge in [0.15, 0.2) is 4.80 Å². The van der Waals surface area contributed by atoms with E-state index in [2.05, 4.69) is 27.9 Å². The maximum atomic E-state index is 13.9. The molecule has 4 heterocycles. The van der Waals surface area contributed by atoms with Crippen LogP contribution in [-0.2, 0) is 16.1 Å². The van der Waals surface area contributed by atoms with E-state index < -0.39 is 12.0 Å². The number of ether oxygens (including phenoxy) is 1. The van der Waals surface area contributed by atoms with Crippen molar-refractivity contribution in [1.29, 1.82) is 0 Å². The van der Waals surface area contributed by atoms with E-state index in [1.807, 2.05) is 60.0 Å². The molecule has 0 amide bonds. The SMILES string of the molecule is CCOC(=O)C1=C(C)N=c2s/c(=C\c3cn(Cc4cccc(Cl)c4)c4ccccc34)c(=O)n2[C@H]1c1cccs1. The summed E-state index contributed by atoms with van der Waals surface area (Å²) in [5.74, 6) is -0.449. The number of nitrogens with zero attached hydrogens (tertiary/aromatic N) is 3. The number of esters is 1. The van der Waals surface area contributed by atoms with Crippen molar-refractivity contribution in [1.82, 2.24) is 9.13 Å². The summed E-state index contributed by atoms with van der Waals surface area (Å²) in [6.07, 6.45) is 3.99. The van der Waals surface area contributed by atoms with Crippen LogP contribution < -0.4 is 14.9 Å². The fourth-order valence-electron chi connectivity index (χ4n) is 5.00. The molecule has 0 saturated carbocycles. The van der Waals surface area contributed by atoms with E-state index in [0.29, 0.717) is 32.2 Å². The van der Waals surface area contributed by atoms with E-state index in [1.54, 1.807) is 18.4 Å². The summed E-state index contributed by atoms with van der Waals surface area (Å²) in [6, 6.07) is 19.2. The average Bonchev–Trinajstić information content (AvgIpc) is 3.63. The van der Waals surface area contributed by atoms with Crippen LogP contribution in [0.15, 0.2) is 93.3 Å². The minimum absolute atomic E-state index is 0.182. The van der Waals surface area contributed by atoms with Gasteiger partial charge in [-0.25, -0.2) is 9.79 Å². The van der Waals surface area contributed by atoms with Gasteiger partial charge in [-0.15, -0.1) is 11.3 Å². The topological polar surface area (TPSA) is 65.6 Å². The number of halogens is 1. The molecule has 1 atom stereocenters. The fourth-order valence-corrected chi connectivity index (χ4v) is 7.08. The lowest BCUT2D eigenvalue weighted by Crippen LogP contribution is -2.39. The molecule has 0 fully saturated rings. The number of hydrogen-bond acceptors (Lipinski definition) is 6. The first-order chi connectivity index (χ1) is 18.9. The standard InChI is InChI=1S/C30H24ClN3O3S2/c1-3-37-29(36)26-18(2)32-30-34(27(26)24-12-7-13-38-24)28(35)25(39-30)15-20-17-33(23-11-5-4-10-22(20)23)16-19-8-6-9-21(31)14-19/h4-15,17,27H,3,16H2,1-2H3/b25-15-/t27-/m0/s1. The summed E-state index contributed by atoms with van der Waals surface area (Å²) in [7, 11) is 0. The van der Waals surface area contributed by atoms with Crippen molar-refractivity contribution in [2.75, 3.05) is 6.61 Å². The van der Waals surface area contributed by atoms with Crippen molar-refractivity contribution < 1.29 is 9.53 Å². The number of carbonyl (C=O) groups is 1. The Labute approximate surface area is 237 Å². The van der Waals surface area contributed by atoms with Crippen LogP contribution in [0.4, 0.5) is 0 Å². The highest BCUT2D eigenvalue weighted by atomic mass is 35.5. The molecule has 0 N–H and O–H groups in total. The van der Waals surface area contributed by atoms with Crippen LogP contribution in [0.25, 0.3) is 17.0 Å². The molecule has 196 valence electrons. The molecule has 0 spiro atoms. The number of hydrogen-bond donors (Lipinski definition) is 0. The van der Waals surface area contributed by atoms with Crippen LogP contribution in [0.5, 0.6) is 0 Å². The second kappa shape index (κ2) is 10.4. The monoisotopic (exact) mass is 573 g/mol. The van der Waals surface area contributed by atoms with E-state index in [9.17, 15) is 9.59 Å². The molecule has 0 bridgehead atoms. The lowest BCUT2D eigenvalue weighted by Gasteiger charge is -2.23. The van der Waals surface area contributed by atoms with Gasteiger partial charge in [0.1, 0.15) is 6.04 Å². The number of fused-ring (bicyclic) bond motifs is 2. The van der Waals surface area contributed by atoms with Crippen LogP contribution in [-0.4, -0.2) is 21.7 Å². The van der Waals surface area contributed by atoms with Crippen LogP contribution in [0.3, 0.4) is 0 Å². The lowest BCUT2D eigenvalue weighted by atomic mass is 10.0. The first kappa shape index (κ1) is 25.6. The Hall–Kier alpha value is -3.72. The van der Waals surface area contributed by atoms with Gasteiger partial charge in [0, 0.05) is 39.1 Å². The zero-order valence-corrected chi connectivity index (χ0v) is 23.6. The molecule has 6 rings (SSSR count). The number of aromatic nitrogens is 2. The van der Waals surface area contributed by atoms with Gasteiger partial charge in [0.2, 0.25) is 0 Å². The summed E-state index contributed by atoms with van der Waals surface area (Å²) in [5.41, 5.74) is 3.87. The van der Waals surface area contributed by atoms with Gasteiger partial charge in [-0.2, -0.15) is 0 Å². The van der Waals surface area contributed by atoms with Crippen molar-refractivity contribution in [3.63, 3.8) is 0 Å². The first-order valence-corrected chi connectivity index (χ1v) is 14.6. The number of allylic oxidation sites excluding steroid dienone is 1. The highest BCUT2D eigenvalue weighted by molar-refractivity contribution is 7.10. The van der Waals surface area contributed by atoms with Crippen molar-refractivity contribution in [3.05, 3.63) is 124 Å². The van der Waals surface area contributed by atoms with E-state index in [0.717, 1.165) is 26.9 Å². The van der Waals surface area contributed by atoms with Crippen molar-refractivity contribution in [2.24, 2.45) is 4.99 Å². The predicted octanol–water partition coefficient (Wildman–Crippen LogP) is 5.52. The minimum Gasteiger partial charge on any atom is -0.463 e. The Morgan fingerprint density at radius 3 is 2.77 bits per heavy atom. The molecular weight excluding hydrogens is 550 g/mol. The molecule has 3 aromatic heterocycles. The number of thiophene rings is 1. The van der Waals surface area contributed by atoms with Gasteiger partial charge >= 0.3 is 5.97 Å². The molecule has 0 saturated heterocycles. The second-order valence-electron chi connectivity index (χ2n) is 9.18. The van der Waals surface area contributed by atoms with Crippen LogP contribution in [0, 0.1) is 0 Å². The molecule has 2 aromatic carbocycles. The molecule has 1 aliphatic rings. The van der Waals surface area contributed by atoms with Crippen LogP contribution in [0.1, 0.15) is 35.9 Å². The first-order valence-electron chi connectivity index (χ1n) is 12.5. The van der Waals surface area contributed by atoms with E-state index >= 15 is 0 Å². The maximum Gasteiger partial charge on any atom is 0.338 e. The molecule has 0 radical (unpaired) electrons. The molecule has 39 heavy (non-hydrogen) atoms. The number of para-hydroxylation sites is 1. The highest BCUT2D eigenvalue weighted by Crippen LogP contribution is 2.33. The van der Waals surface area contributed by atoms with Gasteiger partial charge in [0.05, 0.1) is 22.4 Å². The van der Waals surface area contributed by atoms with Gasteiger partial charge in [-0.05, 0) is 55.1 Å². The fraction of sp³-hybridized carbons (Fsp3) is 0.167. The summed E-state index contributed by atoms with van der Waals surface area (Å²) in [5, 5.41) is 3.68. The molecule has 6 nitrogen and oxygen atoms in total. The average molecular weight is 574 g/mol. The van der Waals surface area contributed by atoms with Crippen LogP contribution >= 0.6 is 34.3 Å². The quantitative estimate of drug-likeness (QED) is 0.251. The van der Waals surface area contributed by atoms with E-state index in [4.69, 9.17) is 16.3 Å². The Kier molecular flexibility index (Phi) is 6.85. The van der Waals surface area contributed by atoms with Crippen molar-refractivity contribution >= 4 is 57.2 Å². The Bertz CT molecular complexity index is 1930. The maximum absolute atomic E-state index is 13.9. The minimum atomic E-state index is -0.577.